The monoisotopic (exact) mass is 530 g/mol. The summed E-state index contributed by atoms with van der Waals surface area (Å²) in [6.07, 6.45) is 8.51. The molecule has 0 aromatic heterocycles. The van der Waals surface area contributed by atoms with Gasteiger partial charge in [-0.3, -0.25) is 4.39 Å². The molecule has 0 heterocycles. The van der Waals surface area contributed by atoms with Crippen LogP contribution in [0.3, 0.4) is 0 Å². The molecule has 5 rings (SSSR count). The number of hydrogen-bond donors (Lipinski definition) is 1. The molecular weight excluding hydrogens is 499 g/mol. The second-order valence-electron chi connectivity index (χ2n) is 10.2. The molecule has 1 N–H and O–H groups in total. The summed E-state index contributed by atoms with van der Waals surface area (Å²) in [5.74, 6) is 0.357. The number of ether oxygens (including phenoxy) is 1. The van der Waals surface area contributed by atoms with Crippen LogP contribution in [0.2, 0.25) is 5.02 Å². The van der Waals surface area contributed by atoms with E-state index in [4.69, 9.17) is 16.3 Å². The van der Waals surface area contributed by atoms with Gasteiger partial charge in [-0.05, 0) is 102 Å². The lowest BCUT2D eigenvalue weighted by Crippen LogP contribution is -2.14. The van der Waals surface area contributed by atoms with Gasteiger partial charge in [-0.2, -0.15) is 0 Å². The topological polar surface area (TPSA) is 46.5 Å². The number of allylic oxidation sites excluding steroid dienone is 2. The molecule has 5 heteroatoms. The molecule has 3 aromatic rings. The summed E-state index contributed by atoms with van der Waals surface area (Å²) in [7, 11) is 1.64. The van der Waals surface area contributed by atoms with Gasteiger partial charge in [-0.1, -0.05) is 65.7 Å². The predicted octanol–water partition coefficient (Wildman–Crippen LogP) is 8.89. The van der Waals surface area contributed by atoms with E-state index in [9.17, 15) is 14.3 Å². The lowest BCUT2D eigenvalue weighted by Gasteiger charge is -2.29. The highest BCUT2D eigenvalue weighted by atomic mass is 35.5. The number of aromatic carboxylic acids is 1. The second kappa shape index (κ2) is 11.6. The van der Waals surface area contributed by atoms with Crippen molar-refractivity contribution in [3.05, 3.63) is 105 Å². The Bertz CT molecular complexity index is 1400. The third-order valence-electron chi connectivity index (χ3n) is 7.71. The Labute approximate surface area is 228 Å². The molecular formula is C33H32ClFO3. The minimum absolute atomic E-state index is 0.226. The largest absolute Gasteiger partial charge is 0.495 e. The van der Waals surface area contributed by atoms with Gasteiger partial charge in [0.1, 0.15) is 5.75 Å². The van der Waals surface area contributed by atoms with Crippen LogP contribution in [0.5, 0.6) is 5.75 Å². The summed E-state index contributed by atoms with van der Waals surface area (Å²) >= 11 is 6.53. The van der Waals surface area contributed by atoms with Crippen LogP contribution in [-0.4, -0.2) is 24.9 Å². The maximum atomic E-state index is 12.5. The van der Waals surface area contributed by atoms with Crippen molar-refractivity contribution in [1.29, 1.82) is 0 Å². The number of aryl methyl sites for hydroxylation is 1. The molecule has 0 radical (unpaired) electrons. The van der Waals surface area contributed by atoms with Crippen LogP contribution in [0.1, 0.15) is 76.7 Å². The van der Waals surface area contributed by atoms with Gasteiger partial charge >= 0.3 is 5.97 Å². The van der Waals surface area contributed by atoms with Gasteiger partial charge in [0.25, 0.3) is 0 Å². The summed E-state index contributed by atoms with van der Waals surface area (Å²) in [6, 6.07) is 19.9. The highest BCUT2D eigenvalue weighted by molar-refractivity contribution is 6.32. The first-order valence-electron chi connectivity index (χ1n) is 13.3. The molecule has 0 aliphatic heterocycles. The molecule has 0 atom stereocenters. The number of rotatable bonds is 8. The standard InChI is InChI=1S/C33H32ClFO3/c1-38-32-29(8-3-9-30(32)34)28-7-2-6-25-20-26(33(36)37)14-15-27(25)31(28)24-12-10-21(11-13-24)17-23-18-22(19-23)5-4-16-35/h3,8-15,17,20,22H,2,4-7,16,18-19H2,1H3,(H,36,37). The number of methoxy groups -OCH3 is 1. The molecule has 1 fully saturated rings. The number of para-hydroxylation sites is 1. The lowest BCUT2D eigenvalue weighted by molar-refractivity contribution is 0.0696. The summed E-state index contributed by atoms with van der Waals surface area (Å²) in [6.45, 7) is -0.226. The zero-order valence-corrected chi connectivity index (χ0v) is 22.4. The fourth-order valence-corrected chi connectivity index (χ4v) is 6.08. The number of carbonyl (C=O) groups is 1. The molecule has 3 nitrogen and oxygen atoms in total. The average Bonchev–Trinajstić information content (AvgIpc) is 3.09. The number of benzene rings is 3. The molecule has 0 spiro atoms. The van der Waals surface area contributed by atoms with E-state index in [-0.39, 0.29) is 6.67 Å². The Morgan fingerprint density at radius 2 is 1.87 bits per heavy atom. The van der Waals surface area contributed by atoms with Crippen molar-refractivity contribution in [1.82, 2.24) is 0 Å². The highest BCUT2D eigenvalue weighted by Crippen LogP contribution is 2.44. The number of carboxylic acid groups (broad SMARTS) is 1. The minimum atomic E-state index is -0.917. The van der Waals surface area contributed by atoms with Crippen LogP contribution in [0, 0.1) is 5.92 Å². The van der Waals surface area contributed by atoms with E-state index in [1.807, 2.05) is 30.3 Å². The zero-order chi connectivity index (χ0) is 26.6. The number of halogens is 2. The van der Waals surface area contributed by atoms with Crippen molar-refractivity contribution in [3.8, 4) is 5.75 Å². The van der Waals surface area contributed by atoms with Crippen LogP contribution in [-0.2, 0) is 6.42 Å². The van der Waals surface area contributed by atoms with Gasteiger partial charge in [0, 0.05) is 5.56 Å². The molecule has 1 saturated carbocycles. The van der Waals surface area contributed by atoms with E-state index in [1.165, 1.54) is 5.57 Å². The smallest absolute Gasteiger partial charge is 0.335 e. The number of alkyl halides is 1. The van der Waals surface area contributed by atoms with E-state index < -0.39 is 5.97 Å². The molecule has 0 bridgehead atoms. The molecule has 0 unspecified atom stereocenters. The first kappa shape index (κ1) is 26.2. The molecule has 38 heavy (non-hydrogen) atoms. The Morgan fingerprint density at radius 3 is 2.58 bits per heavy atom. The van der Waals surface area contributed by atoms with E-state index in [0.29, 0.717) is 28.7 Å². The van der Waals surface area contributed by atoms with Crippen LogP contribution in [0.15, 0.2) is 66.2 Å². The molecule has 0 saturated heterocycles. The number of carboxylic acids is 1. The van der Waals surface area contributed by atoms with E-state index in [0.717, 1.165) is 77.5 Å². The Kier molecular flexibility index (Phi) is 7.99. The third kappa shape index (κ3) is 5.42. The Balaban J connectivity index is 1.58. The maximum absolute atomic E-state index is 12.5. The van der Waals surface area contributed by atoms with Crippen molar-refractivity contribution in [2.45, 2.75) is 44.9 Å². The van der Waals surface area contributed by atoms with Crippen LogP contribution >= 0.6 is 11.6 Å². The predicted molar refractivity (Wildman–Crippen MR) is 153 cm³/mol. The summed E-state index contributed by atoms with van der Waals surface area (Å²) in [5, 5.41) is 10.2. The van der Waals surface area contributed by atoms with Gasteiger partial charge in [0.05, 0.1) is 24.4 Å². The Hall–Kier alpha value is -3.37. The van der Waals surface area contributed by atoms with Gasteiger partial charge < -0.3 is 9.84 Å². The van der Waals surface area contributed by atoms with Crippen LogP contribution in [0.25, 0.3) is 17.2 Å². The average molecular weight is 531 g/mol. The molecule has 2 aliphatic rings. The van der Waals surface area contributed by atoms with Crippen molar-refractivity contribution < 1.29 is 19.0 Å². The first-order chi connectivity index (χ1) is 18.5. The van der Waals surface area contributed by atoms with Crippen molar-refractivity contribution in [2.75, 3.05) is 13.8 Å². The lowest BCUT2D eigenvalue weighted by atomic mass is 9.77. The van der Waals surface area contributed by atoms with E-state index in [2.05, 4.69) is 30.3 Å². The number of hydrogen-bond acceptors (Lipinski definition) is 2. The van der Waals surface area contributed by atoms with Crippen molar-refractivity contribution >= 4 is 34.8 Å². The zero-order valence-electron chi connectivity index (χ0n) is 21.6. The fraction of sp³-hybridized carbons (Fsp3) is 0.303. The normalized spacial score (nSPS) is 16.9. The van der Waals surface area contributed by atoms with Crippen LogP contribution < -0.4 is 4.74 Å². The van der Waals surface area contributed by atoms with Crippen molar-refractivity contribution in [3.63, 3.8) is 0 Å². The van der Waals surface area contributed by atoms with Gasteiger partial charge in [0.15, 0.2) is 0 Å². The minimum Gasteiger partial charge on any atom is -0.495 e. The Morgan fingerprint density at radius 1 is 1.08 bits per heavy atom. The van der Waals surface area contributed by atoms with Crippen molar-refractivity contribution in [2.24, 2.45) is 5.92 Å². The van der Waals surface area contributed by atoms with Gasteiger partial charge in [-0.25, -0.2) is 4.79 Å². The fourth-order valence-electron chi connectivity index (χ4n) is 5.82. The first-order valence-corrected chi connectivity index (χ1v) is 13.6. The third-order valence-corrected chi connectivity index (χ3v) is 8.01. The quantitative estimate of drug-likeness (QED) is 0.316. The SMILES string of the molecule is COc1c(Cl)cccc1C1=C(c2ccc(C=C3CC(CCCF)C3)cc2)c2ccc(C(=O)O)cc2CCC1. The highest BCUT2D eigenvalue weighted by Gasteiger charge is 2.25. The molecule has 2 aliphatic carbocycles. The van der Waals surface area contributed by atoms with Gasteiger partial charge in [0.2, 0.25) is 0 Å². The summed E-state index contributed by atoms with van der Waals surface area (Å²) < 4.78 is 18.2. The van der Waals surface area contributed by atoms with Crippen LogP contribution in [0.4, 0.5) is 4.39 Å². The second-order valence-corrected chi connectivity index (χ2v) is 10.6. The molecule has 196 valence electrons. The number of fused-ring (bicyclic) bond motifs is 1. The van der Waals surface area contributed by atoms with Gasteiger partial charge in [-0.15, -0.1) is 0 Å². The van der Waals surface area contributed by atoms with E-state index in [1.54, 1.807) is 13.2 Å². The molecule has 0 amide bonds. The molecule has 3 aromatic carbocycles. The maximum Gasteiger partial charge on any atom is 0.335 e. The summed E-state index contributed by atoms with van der Waals surface area (Å²) in [4.78, 5) is 11.7. The summed E-state index contributed by atoms with van der Waals surface area (Å²) in [5.41, 5.74) is 9.24. The van der Waals surface area contributed by atoms with E-state index >= 15 is 0 Å².